The number of anilines is 1. The van der Waals surface area contributed by atoms with Crippen molar-refractivity contribution in [1.29, 1.82) is 0 Å². The van der Waals surface area contributed by atoms with Crippen LogP contribution in [0.5, 0.6) is 5.88 Å². The third-order valence-corrected chi connectivity index (χ3v) is 10.8. The Balaban J connectivity index is 1.12. The van der Waals surface area contributed by atoms with Crippen molar-refractivity contribution in [3.05, 3.63) is 80.8 Å². The van der Waals surface area contributed by atoms with Crippen molar-refractivity contribution in [2.24, 2.45) is 12.5 Å². The van der Waals surface area contributed by atoms with Gasteiger partial charge in [0.15, 0.2) is 5.82 Å². The van der Waals surface area contributed by atoms with E-state index >= 15 is 0 Å². The molecule has 2 aromatic carbocycles. The summed E-state index contributed by atoms with van der Waals surface area (Å²) >= 11 is 14.1. The zero-order valence-corrected chi connectivity index (χ0v) is 29.4. The Hall–Kier alpha value is -3.96. The van der Waals surface area contributed by atoms with Gasteiger partial charge in [-0.25, -0.2) is 9.97 Å². The number of ether oxygens (including phenoxy) is 1. The van der Waals surface area contributed by atoms with Crippen molar-refractivity contribution in [2.45, 2.75) is 33.4 Å². The minimum atomic E-state index is -0.320. The van der Waals surface area contributed by atoms with Gasteiger partial charge >= 0.3 is 0 Å². The van der Waals surface area contributed by atoms with Gasteiger partial charge in [-0.2, -0.15) is 0 Å². The summed E-state index contributed by atoms with van der Waals surface area (Å²) in [7, 11) is 5.57. The minimum Gasteiger partial charge on any atom is -0.481 e. The summed E-state index contributed by atoms with van der Waals surface area (Å²) in [6.45, 7) is 9.65. The Morgan fingerprint density at radius 2 is 1.67 bits per heavy atom. The SMILES string of the molecule is COc1nc(-c2cccc(-c3cccc(NC(=O)c4nc5c(n4C)CCN(C)C5)c3Cl)c2Cl)cc(C)c1CN1CC2(C1)CN(C(C)=O)C2. The van der Waals surface area contributed by atoms with Gasteiger partial charge in [0.25, 0.3) is 5.91 Å². The number of nitrogens with one attached hydrogen (secondary N) is 1. The molecule has 0 atom stereocenters. The van der Waals surface area contributed by atoms with E-state index in [2.05, 4.69) is 34.1 Å². The van der Waals surface area contributed by atoms with E-state index in [0.717, 1.165) is 79.3 Å². The molecule has 0 unspecified atom stereocenters. The summed E-state index contributed by atoms with van der Waals surface area (Å²) in [5.74, 6) is 0.746. The maximum absolute atomic E-state index is 13.4. The van der Waals surface area contributed by atoms with Crippen molar-refractivity contribution >= 4 is 40.7 Å². The number of carbonyl (C=O) groups excluding carboxylic acids is 2. The van der Waals surface area contributed by atoms with Crippen LogP contribution in [-0.4, -0.2) is 87.9 Å². The molecule has 250 valence electrons. The van der Waals surface area contributed by atoms with E-state index in [4.69, 9.17) is 32.9 Å². The van der Waals surface area contributed by atoms with E-state index in [1.807, 2.05) is 52.9 Å². The van der Waals surface area contributed by atoms with Gasteiger partial charge in [-0.15, -0.1) is 0 Å². The number of amides is 2. The third-order valence-electron chi connectivity index (χ3n) is 9.96. The van der Waals surface area contributed by atoms with Crippen LogP contribution in [0.15, 0.2) is 42.5 Å². The van der Waals surface area contributed by atoms with Crippen LogP contribution in [0, 0.1) is 12.3 Å². The highest BCUT2D eigenvalue weighted by atomic mass is 35.5. The number of hydrogen-bond acceptors (Lipinski definition) is 7. The highest BCUT2D eigenvalue weighted by Gasteiger charge is 2.52. The van der Waals surface area contributed by atoms with Crippen molar-refractivity contribution in [3.63, 3.8) is 0 Å². The van der Waals surface area contributed by atoms with Crippen LogP contribution in [0.3, 0.4) is 0 Å². The minimum absolute atomic E-state index is 0.146. The Bertz CT molecular complexity index is 1940. The standard InChI is InChI=1S/C36H39Cl2N7O3/c1-21-14-28(41-35(48-5)26(21)15-44-17-36(18-44)19-45(20-36)22(2)46)25-10-6-8-23(31(25)37)24-9-7-11-27(32(24)38)40-34(47)33-39-29-16-42(3)13-12-30(29)43(33)4/h6-11,14H,12-13,15-20H2,1-5H3,(H,40,47). The van der Waals surface area contributed by atoms with Gasteiger partial charge in [0.05, 0.1) is 34.2 Å². The lowest BCUT2D eigenvalue weighted by Gasteiger charge is -2.60. The molecule has 12 heteroatoms. The van der Waals surface area contributed by atoms with E-state index in [-0.39, 0.29) is 17.2 Å². The Morgan fingerprint density at radius 1 is 0.979 bits per heavy atom. The largest absolute Gasteiger partial charge is 0.481 e. The van der Waals surface area contributed by atoms with E-state index in [0.29, 0.717) is 45.2 Å². The van der Waals surface area contributed by atoms with Gasteiger partial charge in [0.2, 0.25) is 11.8 Å². The second-order valence-electron chi connectivity index (χ2n) is 13.5. The van der Waals surface area contributed by atoms with Gasteiger partial charge < -0.3 is 24.4 Å². The monoisotopic (exact) mass is 687 g/mol. The summed E-state index contributed by atoms with van der Waals surface area (Å²) in [5.41, 5.74) is 7.67. The molecule has 3 aliphatic rings. The number of fused-ring (bicyclic) bond motifs is 1. The predicted molar refractivity (Wildman–Crippen MR) is 188 cm³/mol. The predicted octanol–water partition coefficient (Wildman–Crippen LogP) is 5.68. The molecule has 2 aromatic heterocycles. The van der Waals surface area contributed by atoms with Crippen LogP contribution in [0.1, 0.15) is 40.1 Å². The second-order valence-corrected chi connectivity index (χ2v) is 14.3. The highest BCUT2D eigenvalue weighted by molar-refractivity contribution is 6.39. The van der Waals surface area contributed by atoms with E-state index < -0.39 is 0 Å². The molecule has 2 amide bonds. The number of methoxy groups -OCH3 is 1. The summed E-state index contributed by atoms with van der Waals surface area (Å²) in [6, 6.07) is 13.3. The van der Waals surface area contributed by atoms with Crippen LogP contribution in [0.4, 0.5) is 5.69 Å². The van der Waals surface area contributed by atoms with Crippen LogP contribution in [0.2, 0.25) is 10.0 Å². The number of pyridine rings is 1. The van der Waals surface area contributed by atoms with E-state index in [1.165, 1.54) is 0 Å². The summed E-state index contributed by atoms with van der Waals surface area (Å²) < 4.78 is 7.67. The second kappa shape index (κ2) is 12.5. The van der Waals surface area contributed by atoms with Gasteiger partial charge in [0, 0.05) is 99.6 Å². The first-order valence-corrected chi connectivity index (χ1v) is 16.9. The number of nitrogens with zero attached hydrogens (tertiary/aromatic N) is 6. The molecule has 3 aliphatic heterocycles. The van der Waals surface area contributed by atoms with E-state index in [9.17, 15) is 9.59 Å². The van der Waals surface area contributed by atoms with Crippen LogP contribution in [-0.2, 0) is 31.4 Å². The lowest BCUT2D eigenvalue weighted by Crippen LogP contribution is -2.72. The Labute approximate surface area is 290 Å². The first kappa shape index (κ1) is 32.6. The molecule has 1 N–H and O–H groups in total. The first-order chi connectivity index (χ1) is 23.0. The van der Waals surface area contributed by atoms with E-state index in [1.54, 1.807) is 20.1 Å². The molecule has 0 saturated carbocycles. The van der Waals surface area contributed by atoms with Crippen LogP contribution >= 0.6 is 23.2 Å². The quantitative estimate of drug-likeness (QED) is 0.267. The molecule has 1 spiro atoms. The summed E-state index contributed by atoms with van der Waals surface area (Å²) in [6.07, 6.45) is 0.845. The Morgan fingerprint density at radius 3 is 2.38 bits per heavy atom. The van der Waals surface area contributed by atoms with Crippen molar-refractivity contribution in [2.75, 3.05) is 52.2 Å². The maximum atomic E-state index is 13.4. The van der Waals surface area contributed by atoms with Gasteiger partial charge in [-0.05, 0) is 31.7 Å². The zero-order chi connectivity index (χ0) is 33.9. The smallest absolute Gasteiger partial charge is 0.291 e. The highest BCUT2D eigenvalue weighted by Crippen LogP contribution is 2.43. The summed E-state index contributed by atoms with van der Waals surface area (Å²) in [5, 5.41) is 3.85. The third kappa shape index (κ3) is 5.74. The average Bonchev–Trinajstić information content (AvgIpc) is 3.34. The fraction of sp³-hybridized carbons (Fsp3) is 0.389. The first-order valence-electron chi connectivity index (χ1n) is 16.1. The Kier molecular flexibility index (Phi) is 8.48. The number of benzene rings is 2. The number of carbonyl (C=O) groups is 2. The normalized spacial score (nSPS) is 17.1. The zero-order valence-electron chi connectivity index (χ0n) is 27.9. The number of likely N-dealkylation sites (N-methyl/N-ethyl adjacent to an activating group) is 1. The molecule has 0 bridgehead atoms. The van der Waals surface area contributed by atoms with Crippen molar-refractivity contribution < 1.29 is 14.3 Å². The number of aromatic nitrogens is 3. The molecule has 48 heavy (non-hydrogen) atoms. The molecule has 5 heterocycles. The average molecular weight is 689 g/mol. The molecular weight excluding hydrogens is 649 g/mol. The molecule has 0 aliphatic carbocycles. The van der Waals surface area contributed by atoms with Gasteiger partial charge in [0.1, 0.15) is 0 Å². The number of rotatable bonds is 7. The molecular formula is C36H39Cl2N7O3. The topological polar surface area (TPSA) is 95.8 Å². The van der Waals surface area contributed by atoms with Crippen molar-refractivity contribution in [3.8, 4) is 28.3 Å². The summed E-state index contributed by atoms with van der Waals surface area (Å²) in [4.78, 5) is 41.1. The number of hydrogen-bond donors (Lipinski definition) is 1. The maximum Gasteiger partial charge on any atom is 0.291 e. The van der Waals surface area contributed by atoms with Crippen LogP contribution in [0.25, 0.3) is 22.4 Å². The number of halogens is 2. The molecule has 7 rings (SSSR count). The number of aryl methyl sites for hydroxylation is 1. The van der Waals surface area contributed by atoms with Crippen molar-refractivity contribution in [1.82, 2.24) is 29.2 Å². The molecule has 4 aromatic rings. The number of likely N-dealkylation sites (tertiary alicyclic amines) is 2. The lowest BCUT2D eigenvalue weighted by atomic mass is 9.72. The fourth-order valence-electron chi connectivity index (χ4n) is 7.41. The lowest BCUT2D eigenvalue weighted by molar-refractivity contribution is -0.157. The van der Waals surface area contributed by atoms with Crippen LogP contribution < -0.4 is 10.1 Å². The molecule has 2 fully saturated rings. The molecule has 0 radical (unpaired) electrons. The van der Waals surface area contributed by atoms with Gasteiger partial charge in [-0.1, -0.05) is 53.5 Å². The number of imidazole rings is 1. The van der Waals surface area contributed by atoms with Gasteiger partial charge in [-0.3, -0.25) is 14.5 Å². The fourth-order valence-corrected chi connectivity index (χ4v) is 8.01. The molecule has 2 saturated heterocycles. The molecule has 10 nitrogen and oxygen atoms in total.